The van der Waals surface area contributed by atoms with Gasteiger partial charge in [-0.25, -0.2) is 0 Å². The molecule has 3 aromatic carbocycles. The van der Waals surface area contributed by atoms with E-state index in [1.54, 1.807) is 5.06 Å². The molecule has 244 valence electrons. The Bertz CT molecular complexity index is 1260. The molecule has 0 bridgehead atoms. The van der Waals surface area contributed by atoms with Crippen LogP contribution in [0, 0.1) is 11.8 Å². The molecule has 0 aromatic heterocycles. The van der Waals surface area contributed by atoms with Crippen molar-refractivity contribution in [2.75, 3.05) is 19.8 Å². The second kappa shape index (κ2) is 15.0. The summed E-state index contributed by atoms with van der Waals surface area (Å²) in [6.07, 6.45) is 5.36. The minimum Gasteiger partial charge on any atom is -0.407 e. The van der Waals surface area contributed by atoms with Crippen LogP contribution in [0.5, 0.6) is 0 Å². The fraction of sp³-hybridized carbons (Fsp3) is 0.526. The first-order valence-corrected chi connectivity index (χ1v) is 18.8. The number of hydrogen-bond acceptors (Lipinski definition) is 6. The van der Waals surface area contributed by atoms with Gasteiger partial charge in [0.15, 0.2) is 0 Å². The zero-order chi connectivity index (χ0) is 31.9. The third-order valence-corrected chi connectivity index (χ3v) is 15.5. The van der Waals surface area contributed by atoms with Gasteiger partial charge >= 0.3 is 0 Å². The van der Waals surface area contributed by atoms with Gasteiger partial charge in [-0.1, -0.05) is 118 Å². The Morgan fingerprint density at radius 2 is 1.42 bits per heavy atom. The number of piperidine rings is 1. The van der Waals surface area contributed by atoms with E-state index in [1.165, 1.54) is 10.4 Å². The van der Waals surface area contributed by atoms with E-state index in [-0.39, 0.29) is 35.8 Å². The van der Waals surface area contributed by atoms with E-state index in [2.05, 4.69) is 81.4 Å². The summed E-state index contributed by atoms with van der Waals surface area (Å²) in [7, 11) is -2.70. The molecule has 1 aliphatic carbocycles. The minimum absolute atomic E-state index is 0.110. The first-order chi connectivity index (χ1) is 21.7. The summed E-state index contributed by atoms with van der Waals surface area (Å²) in [6.45, 7) is 8.06. The normalized spacial score (nSPS) is 24.1. The molecule has 6 nitrogen and oxygen atoms in total. The van der Waals surface area contributed by atoms with Gasteiger partial charge in [-0.15, -0.1) is 0 Å². The zero-order valence-electron chi connectivity index (χ0n) is 27.4. The third-order valence-electron chi connectivity index (χ3n) is 10.5. The van der Waals surface area contributed by atoms with Crippen molar-refractivity contribution in [1.29, 1.82) is 0 Å². The number of nitrogens with zero attached hydrogens (tertiary/aromatic N) is 1. The maximum atomic E-state index is 11.9. The highest BCUT2D eigenvalue weighted by Crippen LogP contribution is 2.49. The Labute approximate surface area is 271 Å². The number of aliphatic hydroxyl groups is 2. The van der Waals surface area contributed by atoms with Crippen molar-refractivity contribution in [2.24, 2.45) is 11.8 Å². The molecule has 0 radical (unpaired) electrons. The van der Waals surface area contributed by atoms with Gasteiger partial charge in [0.1, 0.15) is 0 Å². The van der Waals surface area contributed by atoms with Gasteiger partial charge in [0.05, 0.1) is 31.5 Å². The SMILES string of the molecule is CC(C)(C)[Si](OC[C@H]1CCC[C@]12CCC[C@H](C[C@@H](O)[C@H](CO)COCc1ccccc1)N2O)(c1ccccc1)c1ccccc1. The van der Waals surface area contributed by atoms with Gasteiger partial charge in [0.2, 0.25) is 0 Å². The van der Waals surface area contributed by atoms with Crippen LogP contribution in [0.1, 0.15) is 71.3 Å². The molecule has 3 N–H and O–H groups in total. The second-order valence-electron chi connectivity index (χ2n) is 14.3. The monoisotopic (exact) mass is 631 g/mol. The molecule has 1 saturated heterocycles. The highest BCUT2D eigenvalue weighted by atomic mass is 28.4. The molecule has 3 aromatic rings. The van der Waals surface area contributed by atoms with Crippen molar-refractivity contribution in [3.05, 3.63) is 96.6 Å². The van der Waals surface area contributed by atoms with Crippen molar-refractivity contribution in [2.45, 2.75) is 95.0 Å². The Kier molecular flexibility index (Phi) is 11.4. The van der Waals surface area contributed by atoms with E-state index in [0.29, 0.717) is 19.6 Å². The third kappa shape index (κ3) is 7.30. The molecule has 0 unspecified atom stereocenters. The lowest BCUT2D eigenvalue weighted by Crippen LogP contribution is -2.67. The number of hydrogen-bond donors (Lipinski definition) is 3. The van der Waals surface area contributed by atoms with Gasteiger partial charge in [-0.05, 0) is 59.5 Å². The zero-order valence-corrected chi connectivity index (χ0v) is 28.4. The fourth-order valence-electron chi connectivity index (χ4n) is 8.10. The fourth-order valence-corrected chi connectivity index (χ4v) is 12.7. The van der Waals surface area contributed by atoms with E-state index in [4.69, 9.17) is 9.16 Å². The maximum Gasteiger partial charge on any atom is 0.261 e. The largest absolute Gasteiger partial charge is 0.407 e. The molecule has 1 aliphatic heterocycles. The van der Waals surface area contributed by atoms with Crippen molar-refractivity contribution in [3.63, 3.8) is 0 Å². The highest BCUT2D eigenvalue weighted by molar-refractivity contribution is 6.99. The summed E-state index contributed by atoms with van der Waals surface area (Å²) < 4.78 is 13.3. The molecule has 7 heteroatoms. The quantitative estimate of drug-likeness (QED) is 0.203. The lowest BCUT2D eigenvalue weighted by Gasteiger charge is -2.51. The molecule has 0 amide bonds. The number of ether oxygens (including phenoxy) is 1. The van der Waals surface area contributed by atoms with Crippen LogP contribution in [-0.4, -0.2) is 66.3 Å². The van der Waals surface area contributed by atoms with Crippen LogP contribution in [-0.2, 0) is 15.8 Å². The first-order valence-electron chi connectivity index (χ1n) is 16.8. The summed E-state index contributed by atoms with van der Waals surface area (Å²) >= 11 is 0. The van der Waals surface area contributed by atoms with Gasteiger partial charge in [-0.3, -0.25) is 0 Å². The molecule has 1 saturated carbocycles. The highest BCUT2D eigenvalue weighted by Gasteiger charge is 2.55. The van der Waals surface area contributed by atoms with Crippen molar-refractivity contribution in [1.82, 2.24) is 5.06 Å². The summed E-state index contributed by atoms with van der Waals surface area (Å²) in [5.74, 6) is -0.218. The van der Waals surface area contributed by atoms with Crippen LogP contribution < -0.4 is 10.4 Å². The Morgan fingerprint density at radius 1 is 0.867 bits per heavy atom. The van der Waals surface area contributed by atoms with Gasteiger partial charge in [0, 0.05) is 24.5 Å². The molecule has 5 atom stereocenters. The van der Waals surface area contributed by atoms with Gasteiger partial charge in [-0.2, -0.15) is 5.06 Å². The number of hydroxylamine groups is 2. The average Bonchev–Trinajstić information content (AvgIpc) is 3.45. The predicted octanol–water partition coefficient (Wildman–Crippen LogP) is 5.92. The van der Waals surface area contributed by atoms with Crippen LogP contribution in [0.3, 0.4) is 0 Å². The number of rotatable bonds is 13. The van der Waals surface area contributed by atoms with E-state index >= 15 is 0 Å². The van der Waals surface area contributed by atoms with E-state index in [9.17, 15) is 15.4 Å². The van der Waals surface area contributed by atoms with E-state index in [1.807, 2.05) is 30.3 Å². The molecule has 2 fully saturated rings. The van der Waals surface area contributed by atoms with E-state index in [0.717, 1.165) is 44.1 Å². The molecular weight excluding hydrogens is 579 g/mol. The maximum absolute atomic E-state index is 11.9. The van der Waals surface area contributed by atoms with Crippen LogP contribution in [0.2, 0.25) is 5.04 Å². The average molecular weight is 632 g/mol. The van der Waals surface area contributed by atoms with Crippen LogP contribution >= 0.6 is 0 Å². The Morgan fingerprint density at radius 3 is 1.98 bits per heavy atom. The standard InChI is InChI=1S/C38H53NO5Si/c1-37(2,3)45(34-19-9-5-10-20-34,35-21-11-6-12-22-35)44-29-32-17-13-23-38(32)24-14-18-33(39(38)42)25-36(41)31(26-40)28-43-27-30-15-7-4-8-16-30/h4-12,15-16,19-22,31-33,36,40-42H,13-14,17-18,23-29H2,1-3H3/t31-,32-,33-,36-,38+/m1/s1. The van der Waals surface area contributed by atoms with Crippen LogP contribution in [0.15, 0.2) is 91.0 Å². The topological polar surface area (TPSA) is 82.4 Å². The second-order valence-corrected chi connectivity index (χ2v) is 18.6. The molecule has 1 heterocycles. The Hall–Kier alpha value is -2.36. The van der Waals surface area contributed by atoms with Crippen molar-refractivity contribution < 1.29 is 24.6 Å². The lowest BCUT2D eigenvalue weighted by molar-refractivity contribution is -0.242. The molecular formula is C38H53NO5Si. The summed E-state index contributed by atoms with van der Waals surface area (Å²) in [5.41, 5.74) is 0.694. The minimum atomic E-state index is -2.70. The summed E-state index contributed by atoms with van der Waals surface area (Å²) in [4.78, 5) is 0. The van der Waals surface area contributed by atoms with E-state index < -0.39 is 20.3 Å². The first kappa shape index (κ1) is 34.0. The Balaban J connectivity index is 1.30. The molecule has 45 heavy (non-hydrogen) atoms. The van der Waals surface area contributed by atoms with Crippen LogP contribution in [0.25, 0.3) is 0 Å². The van der Waals surface area contributed by atoms with Crippen molar-refractivity contribution >= 4 is 18.7 Å². The smallest absolute Gasteiger partial charge is 0.261 e. The van der Waals surface area contributed by atoms with Gasteiger partial charge in [0.25, 0.3) is 8.32 Å². The van der Waals surface area contributed by atoms with Crippen molar-refractivity contribution in [3.8, 4) is 0 Å². The van der Waals surface area contributed by atoms with Gasteiger partial charge < -0.3 is 24.6 Å². The summed E-state index contributed by atoms with van der Waals surface area (Å²) in [5, 5.41) is 37.3. The molecule has 2 aliphatic rings. The summed E-state index contributed by atoms with van der Waals surface area (Å²) in [6, 6.07) is 31.3. The molecule has 5 rings (SSSR count). The lowest BCUT2D eigenvalue weighted by atomic mass is 9.76. The number of benzene rings is 3. The molecule has 1 spiro atoms. The number of aliphatic hydroxyl groups excluding tert-OH is 2. The van der Waals surface area contributed by atoms with Crippen LogP contribution in [0.4, 0.5) is 0 Å². The predicted molar refractivity (Wildman–Crippen MR) is 182 cm³/mol.